The fourth-order valence-electron chi connectivity index (χ4n) is 4.39. The van der Waals surface area contributed by atoms with Crippen LogP contribution in [0.2, 0.25) is 0 Å². The first-order valence-corrected chi connectivity index (χ1v) is 17.5. The van der Waals surface area contributed by atoms with Crippen molar-refractivity contribution in [2.24, 2.45) is 18.9 Å². The van der Waals surface area contributed by atoms with Crippen molar-refractivity contribution >= 4 is 54.9 Å². The van der Waals surface area contributed by atoms with Crippen LogP contribution >= 0.6 is 11.3 Å². The summed E-state index contributed by atoms with van der Waals surface area (Å²) in [5, 5.41) is 3.18. The van der Waals surface area contributed by atoms with Crippen LogP contribution in [0.15, 0.2) is 41.2 Å². The maximum absolute atomic E-state index is 14.3. The molecule has 1 N–H and O–H groups in total. The van der Waals surface area contributed by atoms with Gasteiger partial charge < -0.3 is 14.8 Å². The van der Waals surface area contributed by atoms with Gasteiger partial charge in [-0.3, -0.25) is 9.59 Å². The summed E-state index contributed by atoms with van der Waals surface area (Å²) in [5.41, 5.74) is 3.16. The highest BCUT2D eigenvalue weighted by Gasteiger charge is 2.19. The van der Waals surface area contributed by atoms with Crippen molar-refractivity contribution in [1.29, 1.82) is 0 Å². The third kappa shape index (κ3) is 10.9. The monoisotopic (exact) mass is 655 g/mol. The molecule has 0 aliphatic heterocycles. The van der Waals surface area contributed by atoms with Crippen LogP contribution < -0.4 is 10.9 Å². The number of nitrogens with zero attached hydrogens (tertiary/aromatic N) is 4. The van der Waals surface area contributed by atoms with Crippen molar-refractivity contribution in [2.45, 2.75) is 88.0 Å². The van der Waals surface area contributed by atoms with E-state index in [0.717, 1.165) is 53.6 Å². The SMILES string of the molecule is CC.CC(C)CCN(C=O)CCC(C)C.CCCC.CNC.Cc1ccc2c(c1)n(C)c1nc3c(sc4cccc(F)c43)c(=O)n21. The number of benzene rings is 2. The van der Waals surface area contributed by atoms with Crippen molar-refractivity contribution in [3.05, 3.63) is 58.1 Å². The van der Waals surface area contributed by atoms with Gasteiger partial charge in [0.05, 0.1) is 16.4 Å². The van der Waals surface area contributed by atoms with Gasteiger partial charge in [0.1, 0.15) is 16.0 Å². The lowest BCUT2D eigenvalue weighted by atomic mass is 10.1. The second kappa shape index (κ2) is 20.7. The van der Waals surface area contributed by atoms with Gasteiger partial charge in [0, 0.05) is 24.8 Å². The number of nitrogens with one attached hydrogen (secondary N) is 1. The minimum absolute atomic E-state index is 0.148. The number of amides is 1. The van der Waals surface area contributed by atoms with E-state index >= 15 is 0 Å². The summed E-state index contributed by atoms with van der Waals surface area (Å²) < 4.78 is 19.0. The first-order valence-electron chi connectivity index (χ1n) is 16.7. The van der Waals surface area contributed by atoms with Crippen LogP contribution in [0.4, 0.5) is 4.39 Å². The Bertz CT molecular complexity index is 1670. The Morgan fingerprint density at radius 1 is 0.978 bits per heavy atom. The van der Waals surface area contributed by atoms with Crippen molar-refractivity contribution in [3.63, 3.8) is 0 Å². The number of hydrogen-bond donors (Lipinski definition) is 1. The number of fused-ring (bicyclic) bond motifs is 6. The van der Waals surface area contributed by atoms with E-state index in [1.807, 2.05) is 75.6 Å². The Balaban J connectivity index is 0.000000409. The average Bonchev–Trinajstić information content (AvgIpc) is 3.55. The van der Waals surface area contributed by atoms with Crippen LogP contribution in [0.5, 0.6) is 0 Å². The molecule has 0 aliphatic carbocycles. The number of aromatic nitrogens is 3. The Morgan fingerprint density at radius 3 is 2.04 bits per heavy atom. The van der Waals surface area contributed by atoms with Gasteiger partial charge in [-0.2, -0.15) is 0 Å². The Hall–Kier alpha value is -3.30. The van der Waals surface area contributed by atoms with Gasteiger partial charge in [-0.05, 0) is 75.5 Å². The van der Waals surface area contributed by atoms with Gasteiger partial charge in [0.15, 0.2) is 0 Å². The molecular weight excluding hydrogens is 598 g/mol. The first-order chi connectivity index (χ1) is 21.9. The number of rotatable bonds is 8. The molecule has 256 valence electrons. The minimum Gasteiger partial charge on any atom is -0.345 e. The number of imidazole rings is 1. The Morgan fingerprint density at radius 2 is 1.54 bits per heavy atom. The highest BCUT2D eigenvalue weighted by atomic mass is 32.1. The predicted molar refractivity (Wildman–Crippen MR) is 199 cm³/mol. The molecule has 5 rings (SSSR count). The lowest BCUT2D eigenvalue weighted by Crippen LogP contribution is -2.26. The largest absolute Gasteiger partial charge is 0.345 e. The van der Waals surface area contributed by atoms with Crippen LogP contribution in [0.3, 0.4) is 0 Å². The summed E-state index contributed by atoms with van der Waals surface area (Å²) in [6.07, 6.45) is 5.83. The highest BCUT2D eigenvalue weighted by Crippen LogP contribution is 2.33. The smallest absolute Gasteiger partial charge is 0.277 e. The van der Waals surface area contributed by atoms with Gasteiger partial charge in [-0.1, -0.05) is 80.4 Å². The van der Waals surface area contributed by atoms with E-state index in [9.17, 15) is 14.0 Å². The van der Waals surface area contributed by atoms with E-state index in [4.69, 9.17) is 0 Å². The number of halogens is 1. The van der Waals surface area contributed by atoms with E-state index in [0.29, 0.717) is 33.2 Å². The fourth-order valence-corrected chi connectivity index (χ4v) is 5.48. The third-order valence-electron chi connectivity index (χ3n) is 7.12. The molecule has 0 saturated heterocycles. The second-order valence-electron chi connectivity index (χ2n) is 12.0. The van der Waals surface area contributed by atoms with Crippen LogP contribution in [0, 0.1) is 24.6 Å². The molecule has 0 atom stereocenters. The molecule has 9 heteroatoms. The number of unbranched alkanes of at least 4 members (excludes halogenated alkanes) is 1. The lowest BCUT2D eigenvalue weighted by molar-refractivity contribution is -0.118. The zero-order valence-corrected chi connectivity index (χ0v) is 31.1. The van der Waals surface area contributed by atoms with Gasteiger partial charge in [-0.15, -0.1) is 11.3 Å². The fraction of sp³-hybridized carbons (Fsp3) is 0.541. The molecule has 3 aromatic heterocycles. The Kier molecular flexibility index (Phi) is 18.4. The van der Waals surface area contributed by atoms with E-state index in [1.165, 1.54) is 30.2 Å². The topological polar surface area (TPSA) is 71.6 Å². The molecule has 2 aromatic carbocycles. The molecule has 0 aliphatic rings. The number of aryl methyl sites for hydroxylation is 2. The summed E-state index contributed by atoms with van der Waals surface area (Å²) in [6.45, 7) is 20.9. The summed E-state index contributed by atoms with van der Waals surface area (Å²) in [6, 6.07) is 10.8. The van der Waals surface area contributed by atoms with Crippen LogP contribution in [-0.4, -0.2) is 52.4 Å². The van der Waals surface area contributed by atoms with Gasteiger partial charge in [0.25, 0.3) is 5.56 Å². The van der Waals surface area contributed by atoms with Crippen molar-refractivity contribution in [1.82, 2.24) is 24.2 Å². The van der Waals surface area contributed by atoms with Crippen LogP contribution in [-0.2, 0) is 11.8 Å². The maximum atomic E-state index is 14.3. The number of carbonyl (C=O) groups is 1. The van der Waals surface area contributed by atoms with Gasteiger partial charge in [0.2, 0.25) is 12.2 Å². The molecule has 46 heavy (non-hydrogen) atoms. The number of thiophene rings is 1. The zero-order chi connectivity index (χ0) is 35.0. The molecule has 0 fully saturated rings. The summed E-state index contributed by atoms with van der Waals surface area (Å²) >= 11 is 1.29. The zero-order valence-electron chi connectivity index (χ0n) is 30.3. The van der Waals surface area contributed by atoms with E-state index < -0.39 is 0 Å². The molecular formula is C37H58FN5O2S. The van der Waals surface area contributed by atoms with E-state index in [2.05, 4.69) is 51.8 Å². The first kappa shape index (κ1) is 40.7. The Labute approximate surface area is 279 Å². The van der Waals surface area contributed by atoms with Gasteiger partial charge >= 0.3 is 0 Å². The van der Waals surface area contributed by atoms with Crippen LogP contribution in [0.25, 0.3) is 37.1 Å². The molecule has 0 radical (unpaired) electrons. The number of carbonyl (C=O) groups excluding carboxylic acids is 1. The second-order valence-corrected chi connectivity index (χ2v) is 13.1. The molecule has 0 saturated carbocycles. The van der Waals surface area contributed by atoms with Crippen molar-refractivity contribution in [2.75, 3.05) is 27.2 Å². The summed E-state index contributed by atoms with van der Waals surface area (Å²) in [5.74, 6) is 1.55. The number of hydrogen-bond acceptors (Lipinski definition) is 5. The third-order valence-corrected chi connectivity index (χ3v) is 8.25. The predicted octanol–water partition coefficient (Wildman–Crippen LogP) is 9.21. The van der Waals surface area contributed by atoms with Crippen molar-refractivity contribution in [3.8, 4) is 0 Å². The molecule has 5 aromatic rings. The molecule has 0 bridgehead atoms. The molecule has 0 spiro atoms. The van der Waals surface area contributed by atoms with Gasteiger partial charge in [-0.25, -0.2) is 13.8 Å². The quantitative estimate of drug-likeness (QED) is 0.169. The normalized spacial score (nSPS) is 10.6. The highest BCUT2D eigenvalue weighted by molar-refractivity contribution is 7.25. The van der Waals surface area contributed by atoms with E-state index in [1.54, 1.807) is 10.5 Å². The van der Waals surface area contributed by atoms with Crippen LogP contribution in [0.1, 0.15) is 86.6 Å². The van der Waals surface area contributed by atoms with Crippen molar-refractivity contribution < 1.29 is 9.18 Å². The summed E-state index contributed by atoms with van der Waals surface area (Å²) in [4.78, 5) is 30.3. The standard InChI is InChI=1S/C18H12FN3OS.C11H23NO.C4H10.C2H7N.C2H6/c1-9-6-7-11-12(8-9)21(2)18-20-15-14-10(19)4-3-5-13(14)24-16(15)17(23)22(11)18;1-10(2)5-7-12(9-13)8-6-11(3)4;1-3-4-2;1-3-2;1-2/h3-8H,1-2H3;9-11H,5-8H2,1-4H3;3-4H2,1-2H3;3H,1-2H3;1-2H3. The maximum Gasteiger partial charge on any atom is 0.277 e. The van der Waals surface area contributed by atoms with E-state index in [-0.39, 0.29) is 11.4 Å². The minimum atomic E-state index is -0.343. The lowest BCUT2D eigenvalue weighted by Gasteiger charge is -2.19. The average molecular weight is 656 g/mol. The summed E-state index contributed by atoms with van der Waals surface area (Å²) in [7, 11) is 5.63. The molecule has 1 amide bonds. The molecule has 0 unspecified atom stereocenters. The molecule has 3 heterocycles. The molecule has 7 nitrogen and oxygen atoms in total.